The van der Waals surface area contributed by atoms with Crippen molar-refractivity contribution in [2.24, 2.45) is 0 Å². The van der Waals surface area contributed by atoms with Gasteiger partial charge in [-0.3, -0.25) is 0 Å². The average molecular weight is 262 g/mol. The first-order valence-electron chi connectivity index (χ1n) is 5.02. The molecule has 0 aromatic carbocycles. The summed E-state index contributed by atoms with van der Waals surface area (Å²) in [7, 11) is -2.98. The van der Waals surface area contributed by atoms with E-state index in [-0.39, 0.29) is 11.3 Å². The molecule has 0 fully saturated rings. The molecule has 1 rings (SSSR count). The number of nitrogens with one attached hydrogen (secondary N) is 1. The minimum absolute atomic E-state index is 0.0349. The Labute approximate surface area is 101 Å². The number of hydrogen-bond donors (Lipinski definition) is 1. The van der Waals surface area contributed by atoms with Crippen molar-refractivity contribution in [3.8, 4) is 0 Å². The topological polar surface area (TPSA) is 59.1 Å². The molecule has 0 unspecified atom stereocenters. The molecular weight excluding hydrogens is 244 g/mol. The average Bonchev–Trinajstić information content (AvgIpc) is 2.44. The van der Waals surface area contributed by atoms with E-state index in [1.165, 1.54) is 17.6 Å². The molecule has 16 heavy (non-hydrogen) atoms. The molecule has 0 aliphatic carbocycles. The molecule has 0 radical (unpaired) electrons. The van der Waals surface area contributed by atoms with Gasteiger partial charge in [0.2, 0.25) is 0 Å². The lowest BCUT2D eigenvalue weighted by Crippen LogP contribution is -2.35. The predicted octanol–water partition coefficient (Wildman–Crippen LogP) is 1.58. The van der Waals surface area contributed by atoms with Crippen LogP contribution >= 0.6 is 11.3 Å². The third-order valence-corrected chi connectivity index (χ3v) is 3.66. The van der Waals surface area contributed by atoms with E-state index in [2.05, 4.69) is 31.1 Å². The van der Waals surface area contributed by atoms with E-state index in [1.54, 1.807) is 0 Å². The van der Waals surface area contributed by atoms with E-state index in [0.717, 1.165) is 5.69 Å². The van der Waals surface area contributed by atoms with Crippen molar-refractivity contribution in [1.82, 2.24) is 10.3 Å². The minimum atomic E-state index is -2.98. The van der Waals surface area contributed by atoms with Crippen molar-refractivity contribution in [2.45, 2.75) is 38.6 Å². The summed E-state index contributed by atoms with van der Waals surface area (Å²) in [6.45, 7) is 6.91. The van der Waals surface area contributed by atoms with Crippen LogP contribution in [0.25, 0.3) is 0 Å². The van der Waals surface area contributed by atoms with Crippen LogP contribution in [0.3, 0.4) is 0 Å². The van der Waals surface area contributed by atoms with Gasteiger partial charge in [0.05, 0.1) is 5.69 Å². The molecule has 0 bridgehead atoms. The van der Waals surface area contributed by atoms with Gasteiger partial charge in [-0.1, -0.05) is 0 Å². The highest BCUT2D eigenvalue weighted by atomic mass is 32.2. The van der Waals surface area contributed by atoms with Crippen LogP contribution in [0.4, 0.5) is 0 Å². The number of aromatic nitrogens is 1. The molecule has 0 aliphatic heterocycles. The Morgan fingerprint density at radius 3 is 2.56 bits per heavy atom. The molecule has 0 aliphatic rings. The van der Waals surface area contributed by atoms with Crippen molar-refractivity contribution in [1.29, 1.82) is 0 Å². The zero-order chi connectivity index (χ0) is 12.4. The van der Waals surface area contributed by atoms with Crippen LogP contribution in [0.2, 0.25) is 0 Å². The quantitative estimate of drug-likeness (QED) is 0.895. The lowest BCUT2D eigenvalue weighted by Gasteiger charge is -2.19. The summed E-state index contributed by atoms with van der Waals surface area (Å²) in [5.74, 6) is 0.0349. The Morgan fingerprint density at radius 2 is 2.06 bits per heavy atom. The van der Waals surface area contributed by atoms with Gasteiger partial charge in [0.15, 0.2) is 9.84 Å². The highest BCUT2D eigenvalue weighted by molar-refractivity contribution is 7.90. The Morgan fingerprint density at radius 1 is 1.44 bits per heavy atom. The van der Waals surface area contributed by atoms with Gasteiger partial charge in [0, 0.05) is 23.7 Å². The van der Waals surface area contributed by atoms with Crippen LogP contribution in [0.5, 0.6) is 0 Å². The number of hydrogen-bond acceptors (Lipinski definition) is 5. The van der Waals surface area contributed by atoms with Crippen LogP contribution in [0.1, 0.15) is 31.5 Å². The maximum Gasteiger partial charge on any atom is 0.153 e. The van der Waals surface area contributed by atoms with Gasteiger partial charge < -0.3 is 5.32 Å². The molecule has 6 heteroatoms. The van der Waals surface area contributed by atoms with E-state index in [4.69, 9.17) is 0 Å². The van der Waals surface area contributed by atoms with Gasteiger partial charge in [-0.2, -0.15) is 0 Å². The van der Waals surface area contributed by atoms with Gasteiger partial charge in [0.1, 0.15) is 10.8 Å². The Kier molecular flexibility index (Phi) is 4.09. The fourth-order valence-electron chi connectivity index (χ4n) is 1.08. The minimum Gasteiger partial charge on any atom is -0.306 e. The highest BCUT2D eigenvalue weighted by Crippen LogP contribution is 2.13. The van der Waals surface area contributed by atoms with Crippen molar-refractivity contribution >= 4 is 21.2 Å². The van der Waals surface area contributed by atoms with Gasteiger partial charge in [-0.15, -0.1) is 11.3 Å². The predicted molar refractivity (Wildman–Crippen MR) is 67.3 cm³/mol. The largest absolute Gasteiger partial charge is 0.306 e. The third-order valence-electron chi connectivity index (χ3n) is 1.78. The second kappa shape index (κ2) is 4.81. The standard InChI is InChI=1S/C10H18N2O2S2/c1-10(2,3)11-5-8-6-15-9(12-8)7-16(4,13)14/h6,11H,5,7H2,1-4H3. The second-order valence-corrected chi connectivity index (χ2v) is 7.99. The maximum atomic E-state index is 11.1. The number of rotatable bonds is 4. The van der Waals surface area contributed by atoms with Gasteiger partial charge in [-0.25, -0.2) is 13.4 Å². The van der Waals surface area contributed by atoms with E-state index >= 15 is 0 Å². The first-order valence-corrected chi connectivity index (χ1v) is 7.96. The van der Waals surface area contributed by atoms with Crippen molar-refractivity contribution in [2.75, 3.05) is 6.26 Å². The zero-order valence-electron chi connectivity index (χ0n) is 10.1. The van der Waals surface area contributed by atoms with Gasteiger partial charge in [0.25, 0.3) is 0 Å². The van der Waals surface area contributed by atoms with Gasteiger partial charge >= 0.3 is 0 Å². The number of nitrogens with zero attached hydrogens (tertiary/aromatic N) is 1. The summed E-state index contributed by atoms with van der Waals surface area (Å²) in [4.78, 5) is 4.28. The lowest BCUT2D eigenvalue weighted by molar-refractivity contribution is 0.421. The summed E-state index contributed by atoms with van der Waals surface area (Å²) < 4.78 is 22.2. The van der Waals surface area contributed by atoms with Crippen molar-refractivity contribution in [3.63, 3.8) is 0 Å². The normalized spacial score (nSPS) is 13.0. The molecule has 1 N–H and O–H groups in total. The molecule has 0 saturated heterocycles. The van der Waals surface area contributed by atoms with Crippen molar-refractivity contribution < 1.29 is 8.42 Å². The zero-order valence-corrected chi connectivity index (χ0v) is 11.7. The Balaban J connectivity index is 2.59. The highest BCUT2D eigenvalue weighted by Gasteiger charge is 2.12. The smallest absolute Gasteiger partial charge is 0.153 e. The first-order chi connectivity index (χ1) is 7.16. The van der Waals surface area contributed by atoms with Crippen LogP contribution in [0, 0.1) is 0 Å². The van der Waals surface area contributed by atoms with Crippen LogP contribution in [-0.2, 0) is 22.1 Å². The molecule has 0 saturated carbocycles. The number of thiazole rings is 1. The molecule has 92 valence electrons. The number of sulfone groups is 1. The molecule has 4 nitrogen and oxygen atoms in total. The monoisotopic (exact) mass is 262 g/mol. The van der Waals surface area contributed by atoms with Crippen LogP contribution < -0.4 is 5.32 Å². The van der Waals surface area contributed by atoms with Crippen molar-refractivity contribution in [3.05, 3.63) is 16.1 Å². The van der Waals surface area contributed by atoms with Crippen LogP contribution in [0.15, 0.2) is 5.38 Å². The van der Waals surface area contributed by atoms with E-state index in [1.807, 2.05) is 5.38 Å². The Hall–Kier alpha value is -0.460. The first kappa shape index (κ1) is 13.6. The summed E-state index contributed by atoms with van der Waals surface area (Å²) in [5, 5.41) is 5.87. The SMILES string of the molecule is CC(C)(C)NCc1csc(CS(C)(=O)=O)n1. The Bertz CT molecular complexity index is 444. The molecule has 0 amide bonds. The molecular formula is C10H18N2O2S2. The molecule has 1 heterocycles. The molecule has 0 spiro atoms. The van der Waals surface area contributed by atoms with E-state index in [9.17, 15) is 8.42 Å². The molecule has 1 aromatic rings. The summed E-state index contributed by atoms with van der Waals surface area (Å²) in [6, 6.07) is 0. The summed E-state index contributed by atoms with van der Waals surface area (Å²) in [6.07, 6.45) is 1.22. The fraction of sp³-hybridized carbons (Fsp3) is 0.700. The summed E-state index contributed by atoms with van der Waals surface area (Å²) in [5.41, 5.74) is 0.944. The third kappa shape index (κ3) is 5.58. The van der Waals surface area contributed by atoms with Crippen LogP contribution in [-0.4, -0.2) is 25.2 Å². The lowest BCUT2D eigenvalue weighted by atomic mass is 10.1. The molecule has 1 aromatic heterocycles. The fourth-order valence-corrected chi connectivity index (χ4v) is 3.08. The van der Waals surface area contributed by atoms with Gasteiger partial charge in [-0.05, 0) is 20.8 Å². The molecule has 0 atom stereocenters. The van der Waals surface area contributed by atoms with E-state index in [0.29, 0.717) is 11.6 Å². The second-order valence-electron chi connectivity index (χ2n) is 4.91. The van der Waals surface area contributed by atoms with E-state index < -0.39 is 9.84 Å². The maximum absolute atomic E-state index is 11.1. The summed E-state index contributed by atoms with van der Waals surface area (Å²) >= 11 is 1.40.